The molecule has 0 saturated heterocycles. The minimum Gasteiger partial charge on any atom is -0.228 e. The monoisotopic (exact) mass is 814 g/mol. The van der Waals surface area contributed by atoms with E-state index in [-0.39, 0.29) is 0 Å². The zero-order chi connectivity index (χ0) is 42.7. The lowest BCUT2D eigenvalue weighted by molar-refractivity contribution is 1.18. The Morgan fingerprint density at radius 2 is 0.469 bits per heavy atom. The van der Waals surface area contributed by atoms with Crippen molar-refractivity contribution < 1.29 is 0 Å². The van der Waals surface area contributed by atoms with Crippen LogP contribution in [-0.2, 0) is 0 Å². The molecule has 64 heavy (non-hydrogen) atoms. The molecule has 0 saturated carbocycles. The van der Waals surface area contributed by atoms with Crippen molar-refractivity contribution in [2.24, 2.45) is 0 Å². The van der Waals surface area contributed by atoms with Crippen molar-refractivity contribution in [1.82, 2.24) is 9.97 Å². The standard InChI is InChI=1S/C62H42N2/c1-7-22-44(23-8-1)54-42-55(53-40-35-43-21-19-20-34-52(43)41-53)64-62(63-54)51-38-36-50(37-39-51)61-59(48-30-15-5-16-31-48)57(46-26-11-3-12-27-46)56(45-24-9-2-10-25-45)58(47-28-13-4-14-29-47)60(61)49-32-17-6-18-33-49/h1-42H. The number of fused-ring (bicyclic) bond motifs is 1. The Hall–Kier alpha value is -8.46. The smallest absolute Gasteiger partial charge is 0.160 e. The van der Waals surface area contributed by atoms with E-state index in [0.717, 1.165) is 67.0 Å². The van der Waals surface area contributed by atoms with Crippen molar-refractivity contribution in [3.05, 3.63) is 255 Å². The van der Waals surface area contributed by atoms with Crippen LogP contribution in [0.5, 0.6) is 0 Å². The van der Waals surface area contributed by atoms with Gasteiger partial charge in [-0.1, -0.05) is 243 Å². The van der Waals surface area contributed by atoms with Gasteiger partial charge in [0.2, 0.25) is 0 Å². The molecule has 0 fully saturated rings. The van der Waals surface area contributed by atoms with Gasteiger partial charge in [0.25, 0.3) is 0 Å². The molecular weight excluding hydrogens is 773 g/mol. The van der Waals surface area contributed by atoms with Crippen LogP contribution in [0.2, 0.25) is 0 Å². The van der Waals surface area contributed by atoms with Crippen molar-refractivity contribution in [1.29, 1.82) is 0 Å². The molecular formula is C62H42N2. The van der Waals surface area contributed by atoms with E-state index in [1.54, 1.807) is 0 Å². The predicted molar refractivity (Wildman–Crippen MR) is 268 cm³/mol. The first kappa shape index (κ1) is 38.5. The number of rotatable bonds is 9. The summed E-state index contributed by atoms with van der Waals surface area (Å²) in [5.41, 5.74) is 18.8. The van der Waals surface area contributed by atoms with Crippen molar-refractivity contribution in [2.75, 3.05) is 0 Å². The van der Waals surface area contributed by atoms with Gasteiger partial charge < -0.3 is 0 Å². The first-order valence-corrected chi connectivity index (χ1v) is 21.8. The number of benzene rings is 10. The summed E-state index contributed by atoms with van der Waals surface area (Å²) in [5.74, 6) is 0.678. The van der Waals surface area contributed by atoms with E-state index >= 15 is 0 Å². The Labute approximate surface area is 374 Å². The second-order valence-electron chi connectivity index (χ2n) is 16.0. The number of nitrogens with zero attached hydrogens (tertiary/aromatic N) is 2. The van der Waals surface area contributed by atoms with E-state index in [2.05, 4.69) is 249 Å². The highest BCUT2D eigenvalue weighted by atomic mass is 14.9. The summed E-state index contributed by atoms with van der Waals surface area (Å²) < 4.78 is 0. The molecule has 300 valence electrons. The van der Waals surface area contributed by atoms with Crippen LogP contribution < -0.4 is 0 Å². The molecule has 1 heterocycles. The molecule has 0 amide bonds. The van der Waals surface area contributed by atoms with Gasteiger partial charge in [0.05, 0.1) is 11.4 Å². The Morgan fingerprint density at radius 1 is 0.188 bits per heavy atom. The molecule has 11 aromatic rings. The fourth-order valence-electron chi connectivity index (χ4n) is 9.12. The third kappa shape index (κ3) is 7.38. The summed E-state index contributed by atoms with van der Waals surface area (Å²) in [6.07, 6.45) is 0. The normalized spacial score (nSPS) is 11.1. The van der Waals surface area contributed by atoms with Crippen LogP contribution in [0.15, 0.2) is 255 Å². The van der Waals surface area contributed by atoms with Crippen molar-refractivity contribution in [3.63, 3.8) is 0 Å². The van der Waals surface area contributed by atoms with E-state index in [9.17, 15) is 0 Å². The molecule has 0 bridgehead atoms. The second-order valence-corrected chi connectivity index (χ2v) is 16.0. The third-order valence-electron chi connectivity index (χ3n) is 12.1. The fourth-order valence-corrected chi connectivity index (χ4v) is 9.12. The molecule has 0 aliphatic heterocycles. The van der Waals surface area contributed by atoms with Crippen LogP contribution in [0.3, 0.4) is 0 Å². The van der Waals surface area contributed by atoms with Gasteiger partial charge in [-0.15, -0.1) is 0 Å². The highest BCUT2D eigenvalue weighted by molar-refractivity contribution is 6.15. The van der Waals surface area contributed by atoms with Crippen LogP contribution in [0, 0.1) is 0 Å². The average molecular weight is 815 g/mol. The summed E-state index contributed by atoms with van der Waals surface area (Å²) in [6, 6.07) is 91.0. The predicted octanol–water partition coefficient (Wildman–Crippen LogP) is 16.6. The summed E-state index contributed by atoms with van der Waals surface area (Å²) >= 11 is 0. The van der Waals surface area contributed by atoms with E-state index in [1.807, 2.05) is 6.07 Å². The highest BCUT2D eigenvalue weighted by Gasteiger charge is 2.29. The maximum Gasteiger partial charge on any atom is 0.160 e. The molecule has 0 aliphatic rings. The SMILES string of the molecule is c1ccc(-c2cc(-c3ccc4ccccc4c3)nc(-c3ccc(-c4c(-c5ccccc5)c(-c5ccccc5)c(-c5ccccc5)c(-c5ccccc5)c4-c4ccccc4)cc3)n2)cc1. The molecule has 0 spiro atoms. The summed E-state index contributed by atoms with van der Waals surface area (Å²) in [4.78, 5) is 10.5. The minimum atomic E-state index is 0.678. The minimum absolute atomic E-state index is 0.678. The molecule has 0 radical (unpaired) electrons. The van der Waals surface area contributed by atoms with Gasteiger partial charge in [0.1, 0.15) is 0 Å². The second kappa shape index (κ2) is 17.1. The maximum atomic E-state index is 5.28. The Bertz CT molecular complexity index is 3260. The van der Waals surface area contributed by atoms with Gasteiger partial charge in [-0.25, -0.2) is 9.97 Å². The average Bonchev–Trinajstić information content (AvgIpc) is 3.39. The summed E-state index contributed by atoms with van der Waals surface area (Å²) in [5, 5.41) is 2.38. The van der Waals surface area contributed by atoms with Crippen molar-refractivity contribution in [2.45, 2.75) is 0 Å². The van der Waals surface area contributed by atoms with Gasteiger partial charge in [0, 0.05) is 16.7 Å². The van der Waals surface area contributed by atoms with E-state index in [4.69, 9.17) is 9.97 Å². The quantitative estimate of drug-likeness (QED) is 0.145. The maximum absolute atomic E-state index is 5.28. The number of hydrogen-bond acceptors (Lipinski definition) is 2. The van der Waals surface area contributed by atoms with E-state index < -0.39 is 0 Å². The zero-order valence-corrected chi connectivity index (χ0v) is 35.1. The third-order valence-corrected chi connectivity index (χ3v) is 12.1. The van der Waals surface area contributed by atoms with Crippen LogP contribution in [0.4, 0.5) is 0 Å². The number of hydrogen-bond donors (Lipinski definition) is 0. The topological polar surface area (TPSA) is 25.8 Å². The van der Waals surface area contributed by atoms with Gasteiger partial charge in [-0.05, 0) is 89.7 Å². The number of aromatic nitrogens is 2. The fraction of sp³-hybridized carbons (Fsp3) is 0. The van der Waals surface area contributed by atoms with E-state index in [1.165, 1.54) is 38.6 Å². The van der Waals surface area contributed by atoms with Crippen LogP contribution in [0.25, 0.3) is 111 Å². The first-order chi connectivity index (χ1) is 31.8. The van der Waals surface area contributed by atoms with Crippen LogP contribution in [-0.4, -0.2) is 9.97 Å². The Morgan fingerprint density at radius 3 is 0.859 bits per heavy atom. The molecule has 11 rings (SSSR count). The lowest BCUT2D eigenvalue weighted by Crippen LogP contribution is -2.02. The largest absolute Gasteiger partial charge is 0.228 e. The highest BCUT2D eigenvalue weighted by Crippen LogP contribution is 2.55. The molecule has 2 nitrogen and oxygen atoms in total. The molecule has 0 atom stereocenters. The first-order valence-electron chi connectivity index (χ1n) is 21.8. The van der Waals surface area contributed by atoms with Crippen LogP contribution in [0.1, 0.15) is 0 Å². The van der Waals surface area contributed by atoms with Gasteiger partial charge in [-0.3, -0.25) is 0 Å². The Kier molecular flexibility index (Phi) is 10.3. The van der Waals surface area contributed by atoms with E-state index in [0.29, 0.717) is 5.82 Å². The van der Waals surface area contributed by atoms with Crippen molar-refractivity contribution in [3.8, 4) is 101 Å². The lowest BCUT2D eigenvalue weighted by atomic mass is 9.74. The molecule has 10 aromatic carbocycles. The summed E-state index contributed by atoms with van der Waals surface area (Å²) in [6.45, 7) is 0. The van der Waals surface area contributed by atoms with Gasteiger partial charge >= 0.3 is 0 Å². The molecule has 0 aliphatic carbocycles. The van der Waals surface area contributed by atoms with Crippen LogP contribution >= 0.6 is 0 Å². The summed E-state index contributed by atoms with van der Waals surface area (Å²) in [7, 11) is 0. The Balaban J connectivity index is 1.20. The van der Waals surface area contributed by atoms with Crippen molar-refractivity contribution >= 4 is 10.8 Å². The molecule has 1 aromatic heterocycles. The molecule has 0 unspecified atom stereocenters. The molecule has 0 N–H and O–H groups in total. The molecule has 2 heteroatoms. The lowest BCUT2D eigenvalue weighted by Gasteiger charge is -2.28. The van der Waals surface area contributed by atoms with Gasteiger partial charge in [-0.2, -0.15) is 0 Å². The van der Waals surface area contributed by atoms with Gasteiger partial charge in [0.15, 0.2) is 5.82 Å². The zero-order valence-electron chi connectivity index (χ0n) is 35.1.